The number of nitrogens with zero attached hydrogens (tertiary/aromatic N) is 2. The molecule has 0 aromatic heterocycles. The highest BCUT2D eigenvalue weighted by Crippen LogP contribution is 2.37. The van der Waals surface area contributed by atoms with Gasteiger partial charge in [0.2, 0.25) is 0 Å². The monoisotopic (exact) mass is 404 g/mol. The molecule has 0 unspecified atom stereocenters. The molecule has 0 fully saturated rings. The summed E-state index contributed by atoms with van der Waals surface area (Å²) in [6, 6.07) is 13.3. The third-order valence-electron chi connectivity index (χ3n) is 4.61. The number of carbonyl (C=O) groups excluding carboxylic acids is 4. The van der Waals surface area contributed by atoms with Crippen LogP contribution in [-0.4, -0.2) is 23.6 Å². The van der Waals surface area contributed by atoms with Gasteiger partial charge in [-0.3, -0.25) is 23.7 Å². The van der Waals surface area contributed by atoms with Crippen LogP contribution in [0, 0.1) is 0 Å². The zero-order valence-electron chi connectivity index (χ0n) is 14.9. The Labute approximate surface area is 167 Å². The van der Waals surface area contributed by atoms with E-state index in [0.717, 1.165) is 9.80 Å². The first-order chi connectivity index (χ1) is 14.0. The minimum absolute atomic E-state index is 0.221. The fraction of sp³-hybridized carbons (Fsp3) is 0.0476. The Kier molecular flexibility index (Phi) is 4.74. The zero-order valence-corrected chi connectivity index (χ0v) is 15.8. The smallest absolute Gasteiger partial charge is 0.258 e. The van der Waals surface area contributed by atoms with Crippen LogP contribution in [0.3, 0.4) is 0 Å². The van der Waals surface area contributed by atoms with E-state index in [9.17, 15) is 23.7 Å². The molecule has 0 atom stereocenters. The molecule has 0 radical (unpaired) electrons. The average Bonchev–Trinajstić information content (AvgIpc) is 3.23. The summed E-state index contributed by atoms with van der Waals surface area (Å²) in [6.45, 7) is 0. The molecule has 8 heteroatoms. The van der Waals surface area contributed by atoms with Crippen molar-refractivity contribution in [3.8, 4) is 0 Å². The normalized spacial score (nSPS) is 16.2. The molecule has 2 aromatic carbocycles. The van der Waals surface area contributed by atoms with Crippen LogP contribution >= 0.6 is 8.46 Å². The summed E-state index contributed by atoms with van der Waals surface area (Å²) in [5.41, 5.74) is 1.36. The standard InChI is InChI=1S/C21H13N2O5P/c24-17-7-8-18(25)22(17)15-5-1-3-13(11-15)21(29-28)14-4-2-6-16(12-14)23-19(26)9-10-20(23)27/h1-12,21H. The zero-order chi connectivity index (χ0) is 20.5. The average molecular weight is 404 g/mol. The number of imide groups is 2. The van der Waals surface area contributed by atoms with Gasteiger partial charge in [0.05, 0.1) is 17.0 Å². The number of benzene rings is 2. The molecule has 0 aliphatic carbocycles. The number of hydrogen-bond acceptors (Lipinski definition) is 5. The summed E-state index contributed by atoms with van der Waals surface area (Å²) in [5.74, 6) is -1.76. The van der Waals surface area contributed by atoms with Crippen molar-refractivity contribution in [3.05, 3.63) is 84.0 Å². The SMILES string of the molecule is O=PC(c1cccc(N2C(=O)C=CC2=O)c1)c1cccc(N2C(=O)C=CC2=O)c1. The molecule has 2 aliphatic heterocycles. The van der Waals surface area contributed by atoms with Crippen molar-refractivity contribution in [2.75, 3.05) is 9.80 Å². The molecule has 2 aromatic rings. The fourth-order valence-corrected chi connectivity index (χ4v) is 3.86. The van der Waals surface area contributed by atoms with Crippen molar-refractivity contribution in [3.63, 3.8) is 0 Å². The van der Waals surface area contributed by atoms with Crippen molar-refractivity contribution in [1.82, 2.24) is 0 Å². The number of rotatable bonds is 5. The van der Waals surface area contributed by atoms with E-state index < -0.39 is 29.3 Å². The number of carbonyl (C=O) groups is 4. The first-order valence-electron chi connectivity index (χ1n) is 8.64. The highest BCUT2D eigenvalue weighted by molar-refractivity contribution is 7.24. The first kappa shape index (κ1) is 18.7. The van der Waals surface area contributed by atoms with Gasteiger partial charge in [0, 0.05) is 24.3 Å². The second-order valence-corrected chi connectivity index (χ2v) is 7.12. The summed E-state index contributed by atoms with van der Waals surface area (Å²) in [4.78, 5) is 49.8. The molecule has 142 valence electrons. The fourth-order valence-electron chi connectivity index (χ4n) is 3.29. The van der Waals surface area contributed by atoms with Gasteiger partial charge in [-0.1, -0.05) is 24.3 Å². The van der Waals surface area contributed by atoms with Crippen molar-refractivity contribution < 1.29 is 23.7 Å². The molecular weight excluding hydrogens is 391 g/mol. The Bertz CT molecular complexity index is 1020. The molecule has 0 N–H and O–H groups in total. The van der Waals surface area contributed by atoms with Gasteiger partial charge in [0.1, 0.15) is 0 Å². The van der Waals surface area contributed by atoms with E-state index in [-0.39, 0.29) is 8.46 Å². The molecule has 29 heavy (non-hydrogen) atoms. The Morgan fingerprint density at radius 2 is 1.00 bits per heavy atom. The lowest BCUT2D eigenvalue weighted by molar-refractivity contribution is -0.121. The van der Waals surface area contributed by atoms with Crippen molar-refractivity contribution in [2.24, 2.45) is 0 Å². The van der Waals surface area contributed by atoms with Crippen molar-refractivity contribution >= 4 is 43.5 Å². The van der Waals surface area contributed by atoms with E-state index >= 15 is 0 Å². The van der Waals surface area contributed by atoms with Gasteiger partial charge in [0.25, 0.3) is 23.6 Å². The predicted molar refractivity (Wildman–Crippen MR) is 106 cm³/mol. The molecule has 0 saturated carbocycles. The van der Waals surface area contributed by atoms with Gasteiger partial charge in [0.15, 0.2) is 8.46 Å². The van der Waals surface area contributed by atoms with Gasteiger partial charge in [-0.2, -0.15) is 0 Å². The lowest BCUT2D eigenvalue weighted by atomic mass is 10.0. The third-order valence-corrected chi connectivity index (χ3v) is 5.42. The second kappa shape index (κ2) is 7.37. The largest absolute Gasteiger partial charge is 0.274 e. The minimum atomic E-state index is -0.614. The molecule has 4 rings (SSSR count). The van der Waals surface area contributed by atoms with Crippen molar-refractivity contribution in [1.29, 1.82) is 0 Å². The quantitative estimate of drug-likeness (QED) is 0.565. The molecule has 0 spiro atoms. The van der Waals surface area contributed by atoms with Gasteiger partial charge in [-0.15, -0.1) is 0 Å². The molecular formula is C21H13N2O5P. The lowest BCUT2D eigenvalue weighted by Gasteiger charge is -2.19. The van der Waals surface area contributed by atoms with Crippen LogP contribution in [0.4, 0.5) is 11.4 Å². The van der Waals surface area contributed by atoms with E-state index in [1.54, 1.807) is 48.5 Å². The molecule has 0 saturated heterocycles. The lowest BCUT2D eigenvalue weighted by Crippen LogP contribution is -2.29. The summed E-state index contributed by atoms with van der Waals surface area (Å²) in [5, 5.41) is 0. The van der Waals surface area contributed by atoms with E-state index in [1.807, 2.05) is 0 Å². The van der Waals surface area contributed by atoms with E-state index in [4.69, 9.17) is 0 Å². The van der Waals surface area contributed by atoms with Crippen LogP contribution in [0.15, 0.2) is 72.8 Å². The highest BCUT2D eigenvalue weighted by atomic mass is 31.1. The number of hydrogen-bond donors (Lipinski definition) is 0. The first-order valence-corrected chi connectivity index (χ1v) is 9.52. The third kappa shape index (κ3) is 3.32. The summed E-state index contributed by atoms with van der Waals surface area (Å²) >= 11 is 0. The molecule has 2 aliphatic rings. The van der Waals surface area contributed by atoms with Gasteiger partial charge in [-0.25, -0.2) is 9.80 Å². The van der Waals surface area contributed by atoms with E-state index in [2.05, 4.69) is 0 Å². The number of anilines is 2. The maximum atomic E-state index is 12.0. The molecule has 4 amide bonds. The molecule has 0 bridgehead atoms. The summed E-state index contributed by atoms with van der Waals surface area (Å²) < 4.78 is 12.0. The van der Waals surface area contributed by atoms with Crippen LogP contribution in [0.5, 0.6) is 0 Å². The van der Waals surface area contributed by atoms with E-state index in [0.29, 0.717) is 22.5 Å². The van der Waals surface area contributed by atoms with Crippen LogP contribution in [0.25, 0.3) is 0 Å². The van der Waals surface area contributed by atoms with Crippen LogP contribution < -0.4 is 9.80 Å². The second-order valence-electron chi connectivity index (χ2n) is 6.39. The van der Waals surface area contributed by atoms with Gasteiger partial charge >= 0.3 is 0 Å². The number of amides is 4. The van der Waals surface area contributed by atoms with Crippen LogP contribution in [0.1, 0.15) is 16.8 Å². The topological polar surface area (TPSA) is 91.8 Å². The van der Waals surface area contributed by atoms with Crippen LogP contribution in [-0.2, 0) is 23.7 Å². The van der Waals surface area contributed by atoms with Gasteiger partial charge in [-0.05, 0) is 35.4 Å². The van der Waals surface area contributed by atoms with Gasteiger partial charge < -0.3 is 0 Å². The Morgan fingerprint density at radius 1 is 0.621 bits per heavy atom. The van der Waals surface area contributed by atoms with Crippen LogP contribution in [0.2, 0.25) is 0 Å². The van der Waals surface area contributed by atoms with E-state index in [1.165, 1.54) is 24.3 Å². The predicted octanol–water partition coefficient (Wildman–Crippen LogP) is 2.93. The van der Waals surface area contributed by atoms with Crippen molar-refractivity contribution in [2.45, 2.75) is 5.66 Å². The summed E-state index contributed by atoms with van der Waals surface area (Å²) in [7, 11) is -0.221. The maximum Gasteiger partial charge on any atom is 0.258 e. The Hall–Kier alpha value is -3.70. The minimum Gasteiger partial charge on any atom is -0.274 e. The molecule has 2 heterocycles. The Morgan fingerprint density at radius 3 is 1.34 bits per heavy atom. The Balaban J connectivity index is 1.69. The summed E-state index contributed by atoms with van der Waals surface area (Å²) in [6.07, 6.45) is 4.78. The molecule has 7 nitrogen and oxygen atoms in total. The highest BCUT2D eigenvalue weighted by Gasteiger charge is 2.28. The maximum absolute atomic E-state index is 12.0.